The third-order valence-electron chi connectivity index (χ3n) is 4.90. The van der Waals surface area contributed by atoms with Gasteiger partial charge in [0.2, 0.25) is 0 Å². The second kappa shape index (κ2) is 8.16. The Bertz CT molecular complexity index is 1040. The molecule has 0 aliphatic carbocycles. The molecule has 0 spiro atoms. The van der Waals surface area contributed by atoms with Crippen molar-refractivity contribution in [1.29, 1.82) is 0 Å². The first-order valence-electron chi connectivity index (χ1n) is 9.29. The van der Waals surface area contributed by atoms with Crippen molar-refractivity contribution >= 4 is 34.0 Å². The SMILES string of the molecule is Cn1ncc(N2CCOC(CCNc3ccc4cccc(Cl)c4n3)C2)cc1=O. The minimum atomic E-state index is -0.108. The summed E-state index contributed by atoms with van der Waals surface area (Å²) in [5.41, 5.74) is 1.53. The molecule has 1 aromatic carbocycles. The van der Waals surface area contributed by atoms with E-state index in [1.807, 2.05) is 30.3 Å². The number of halogens is 1. The number of hydrogen-bond donors (Lipinski definition) is 1. The molecule has 0 bridgehead atoms. The summed E-state index contributed by atoms with van der Waals surface area (Å²) in [6.45, 7) is 2.84. The molecule has 0 saturated carbocycles. The summed E-state index contributed by atoms with van der Waals surface area (Å²) in [7, 11) is 1.65. The number of rotatable bonds is 5. The first-order valence-corrected chi connectivity index (χ1v) is 9.67. The summed E-state index contributed by atoms with van der Waals surface area (Å²) in [4.78, 5) is 18.6. The number of para-hydroxylation sites is 1. The maximum absolute atomic E-state index is 11.8. The highest BCUT2D eigenvalue weighted by atomic mass is 35.5. The summed E-state index contributed by atoms with van der Waals surface area (Å²) in [5, 5.41) is 9.12. The maximum atomic E-state index is 11.8. The quantitative estimate of drug-likeness (QED) is 0.711. The van der Waals surface area contributed by atoms with E-state index < -0.39 is 0 Å². The van der Waals surface area contributed by atoms with Crippen molar-refractivity contribution in [3.63, 3.8) is 0 Å². The van der Waals surface area contributed by atoms with Crippen LogP contribution in [-0.2, 0) is 11.8 Å². The molecule has 1 fully saturated rings. The molecule has 1 atom stereocenters. The first-order chi connectivity index (χ1) is 13.6. The van der Waals surface area contributed by atoms with Crippen molar-refractivity contribution in [2.45, 2.75) is 12.5 Å². The zero-order valence-electron chi connectivity index (χ0n) is 15.6. The van der Waals surface area contributed by atoms with Crippen molar-refractivity contribution in [2.24, 2.45) is 7.05 Å². The van der Waals surface area contributed by atoms with Gasteiger partial charge < -0.3 is 15.0 Å². The van der Waals surface area contributed by atoms with Crippen LogP contribution in [0.3, 0.4) is 0 Å². The van der Waals surface area contributed by atoms with Crippen LogP contribution in [0.15, 0.2) is 47.4 Å². The molecule has 8 heteroatoms. The van der Waals surface area contributed by atoms with Gasteiger partial charge in [0.05, 0.1) is 35.1 Å². The summed E-state index contributed by atoms with van der Waals surface area (Å²) in [5.74, 6) is 0.795. The van der Waals surface area contributed by atoms with Crippen LogP contribution in [0.2, 0.25) is 5.02 Å². The van der Waals surface area contributed by atoms with Crippen molar-refractivity contribution in [3.8, 4) is 0 Å². The van der Waals surface area contributed by atoms with Crippen LogP contribution in [-0.4, -0.2) is 47.1 Å². The van der Waals surface area contributed by atoms with Gasteiger partial charge in [-0.2, -0.15) is 5.10 Å². The fourth-order valence-electron chi connectivity index (χ4n) is 3.33. The smallest absolute Gasteiger partial charge is 0.268 e. The lowest BCUT2D eigenvalue weighted by Gasteiger charge is -2.34. The summed E-state index contributed by atoms with van der Waals surface area (Å²) in [6, 6.07) is 11.3. The Morgan fingerprint density at radius 2 is 2.21 bits per heavy atom. The molecule has 7 nitrogen and oxygen atoms in total. The molecule has 4 rings (SSSR count). The molecule has 2 aromatic heterocycles. The predicted octanol–water partition coefficient (Wildman–Crippen LogP) is 2.69. The molecule has 1 saturated heterocycles. The monoisotopic (exact) mass is 399 g/mol. The summed E-state index contributed by atoms with van der Waals surface area (Å²) >= 11 is 6.24. The van der Waals surface area contributed by atoms with E-state index in [2.05, 4.69) is 20.3 Å². The standard InChI is InChI=1S/C20H22ClN5O2/c1-25-19(27)11-15(12-23-25)26-9-10-28-16(13-26)7-8-22-18-6-5-14-3-2-4-17(21)20(14)24-18/h2-6,11-12,16H,7-10,13H2,1H3,(H,22,24). The van der Waals surface area contributed by atoms with Gasteiger partial charge in [0.25, 0.3) is 5.56 Å². The number of ether oxygens (including phenoxy) is 1. The van der Waals surface area contributed by atoms with Gasteiger partial charge in [-0.05, 0) is 24.6 Å². The average Bonchev–Trinajstić information content (AvgIpc) is 2.71. The zero-order chi connectivity index (χ0) is 19.5. The molecule has 0 amide bonds. The number of fused-ring (bicyclic) bond motifs is 1. The predicted molar refractivity (Wildman–Crippen MR) is 111 cm³/mol. The number of hydrogen-bond acceptors (Lipinski definition) is 6. The lowest BCUT2D eigenvalue weighted by Crippen LogP contribution is -2.43. The lowest BCUT2D eigenvalue weighted by atomic mass is 10.2. The third kappa shape index (κ3) is 4.10. The molecule has 3 aromatic rings. The van der Waals surface area contributed by atoms with Crippen LogP contribution in [0, 0.1) is 0 Å². The number of nitrogens with zero attached hydrogens (tertiary/aromatic N) is 4. The third-order valence-corrected chi connectivity index (χ3v) is 5.21. The van der Waals surface area contributed by atoms with Crippen LogP contribution >= 0.6 is 11.6 Å². The summed E-state index contributed by atoms with van der Waals surface area (Å²) < 4.78 is 7.21. The maximum Gasteiger partial charge on any atom is 0.268 e. The molecule has 1 aliphatic rings. The van der Waals surface area contributed by atoms with Gasteiger partial charge in [-0.3, -0.25) is 4.79 Å². The van der Waals surface area contributed by atoms with Crippen LogP contribution < -0.4 is 15.8 Å². The molecule has 1 aliphatic heterocycles. The van der Waals surface area contributed by atoms with E-state index in [1.54, 1.807) is 19.3 Å². The largest absolute Gasteiger partial charge is 0.374 e. The molecular weight excluding hydrogens is 378 g/mol. The number of anilines is 2. The summed E-state index contributed by atoms with van der Waals surface area (Å²) in [6.07, 6.45) is 2.64. The van der Waals surface area contributed by atoms with Gasteiger partial charge in [0.15, 0.2) is 0 Å². The minimum Gasteiger partial charge on any atom is -0.374 e. The molecule has 1 unspecified atom stereocenters. The normalized spacial score (nSPS) is 17.1. The van der Waals surface area contributed by atoms with Crippen molar-refractivity contribution in [3.05, 3.63) is 58.0 Å². The Hall–Kier alpha value is -2.64. The van der Waals surface area contributed by atoms with Crippen LogP contribution in [0.5, 0.6) is 0 Å². The van der Waals surface area contributed by atoms with Gasteiger partial charge in [-0.15, -0.1) is 0 Å². The molecular formula is C20H22ClN5O2. The highest BCUT2D eigenvalue weighted by molar-refractivity contribution is 6.35. The van der Waals surface area contributed by atoms with E-state index in [1.165, 1.54) is 4.68 Å². The second-order valence-corrected chi connectivity index (χ2v) is 7.25. The molecule has 3 heterocycles. The van der Waals surface area contributed by atoms with Crippen LogP contribution in [0.25, 0.3) is 10.9 Å². The van der Waals surface area contributed by atoms with Crippen LogP contribution in [0.4, 0.5) is 11.5 Å². The van der Waals surface area contributed by atoms with Crippen molar-refractivity contribution < 1.29 is 4.74 Å². The molecule has 0 radical (unpaired) electrons. The van der Waals surface area contributed by atoms with Gasteiger partial charge in [-0.1, -0.05) is 23.7 Å². The number of pyridine rings is 1. The number of aromatic nitrogens is 3. The first kappa shape index (κ1) is 18.7. The van der Waals surface area contributed by atoms with E-state index in [9.17, 15) is 4.79 Å². The fraction of sp³-hybridized carbons (Fsp3) is 0.350. The molecule has 28 heavy (non-hydrogen) atoms. The highest BCUT2D eigenvalue weighted by Crippen LogP contribution is 2.23. The highest BCUT2D eigenvalue weighted by Gasteiger charge is 2.21. The fourth-order valence-corrected chi connectivity index (χ4v) is 3.56. The average molecular weight is 400 g/mol. The lowest BCUT2D eigenvalue weighted by molar-refractivity contribution is 0.0374. The van der Waals surface area contributed by atoms with Gasteiger partial charge >= 0.3 is 0 Å². The number of morpholine rings is 1. The topological polar surface area (TPSA) is 72.3 Å². The van der Waals surface area contributed by atoms with E-state index in [4.69, 9.17) is 16.3 Å². The Morgan fingerprint density at radius 1 is 1.32 bits per heavy atom. The zero-order valence-corrected chi connectivity index (χ0v) is 16.4. The van der Waals surface area contributed by atoms with E-state index in [0.29, 0.717) is 11.6 Å². The Labute approximate surface area is 167 Å². The van der Waals surface area contributed by atoms with Gasteiger partial charge in [0.1, 0.15) is 5.82 Å². The Balaban J connectivity index is 1.35. The van der Waals surface area contributed by atoms with E-state index in [-0.39, 0.29) is 11.7 Å². The Kier molecular flexibility index (Phi) is 5.45. The molecule has 1 N–H and O–H groups in total. The van der Waals surface area contributed by atoms with Crippen molar-refractivity contribution in [1.82, 2.24) is 14.8 Å². The Morgan fingerprint density at radius 3 is 3.07 bits per heavy atom. The molecule has 146 valence electrons. The van der Waals surface area contributed by atoms with Gasteiger partial charge in [-0.25, -0.2) is 9.67 Å². The van der Waals surface area contributed by atoms with Crippen LogP contribution in [0.1, 0.15) is 6.42 Å². The minimum absolute atomic E-state index is 0.0781. The number of aryl methyl sites for hydroxylation is 1. The second-order valence-electron chi connectivity index (χ2n) is 6.84. The van der Waals surface area contributed by atoms with E-state index >= 15 is 0 Å². The number of benzene rings is 1. The number of nitrogens with one attached hydrogen (secondary N) is 1. The van der Waals surface area contributed by atoms with E-state index in [0.717, 1.165) is 48.5 Å². The van der Waals surface area contributed by atoms with Gasteiger partial charge in [0, 0.05) is 38.1 Å². The van der Waals surface area contributed by atoms with Crippen molar-refractivity contribution in [2.75, 3.05) is 36.5 Å².